The first-order chi connectivity index (χ1) is 30.1. The number of Topliss-reactive ketones (excluding diaryl/α,β-unsaturated/α-hetero) is 2. The standard InChI is InChI=1S/C37H62N4O7S/c1-10-11-15-23(29(43)31(44)38-24-16-17-24)20-26(42)28-27-25(36(27,8)9)21-41(28)32(45)30(34(2,3)4)39-33(46)40-37(18-13-12-14-19-37)22-49(47,48)35(5,6)7/h23-25,27-28,30H,10-22H2,1-9H3,(H,38,44)(H2,39,40,46)/t23-,25-,27-,28+,30+/m0/s1/i1D3,10D2,11D2,12D2,13D2,14D2,15D2,18D2,19D2,23D. The smallest absolute Gasteiger partial charge is 0.315 e. The Morgan fingerprint density at radius 1 is 1.04 bits per heavy atom. The predicted molar refractivity (Wildman–Crippen MR) is 189 cm³/mol. The summed E-state index contributed by atoms with van der Waals surface area (Å²) in [6.45, 7) is 6.46. The van der Waals surface area contributed by atoms with Crippen molar-refractivity contribution in [2.45, 2.75) is 161 Å². The van der Waals surface area contributed by atoms with Crippen LogP contribution in [0.1, 0.15) is 160 Å². The minimum atomic E-state index is -4.92. The monoisotopic (exact) mass is 727 g/mol. The summed E-state index contributed by atoms with van der Waals surface area (Å²) < 4.78 is 195. The van der Waals surface area contributed by atoms with Crippen LogP contribution in [0.15, 0.2) is 0 Å². The van der Waals surface area contributed by atoms with Crippen molar-refractivity contribution < 1.29 is 59.8 Å². The third kappa shape index (κ3) is 8.87. The number of sulfone groups is 1. The maximum Gasteiger partial charge on any atom is 0.315 e. The highest BCUT2D eigenvalue weighted by atomic mass is 32.2. The molecule has 0 spiro atoms. The molecule has 0 aromatic heterocycles. The number of piperidine rings is 1. The Labute approximate surface area is 322 Å². The maximum absolute atomic E-state index is 14.9. The Bertz CT molecular complexity index is 2220. The van der Waals surface area contributed by atoms with E-state index in [9.17, 15) is 33.8 Å². The Morgan fingerprint density at radius 3 is 2.22 bits per heavy atom. The second kappa shape index (κ2) is 14.3. The number of nitrogens with zero attached hydrogens (tertiary/aromatic N) is 1. The molecule has 11 nitrogen and oxygen atoms in total. The van der Waals surface area contributed by atoms with Crippen LogP contribution >= 0.6 is 0 Å². The molecule has 0 unspecified atom stereocenters. The van der Waals surface area contributed by atoms with Crippen molar-refractivity contribution in [2.24, 2.45) is 28.6 Å². The fourth-order valence-electron chi connectivity index (χ4n) is 6.25. The fourth-order valence-corrected chi connectivity index (χ4v) is 7.47. The van der Waals surface area contributed by atoms with Gasteiger partial charge in [-0.05, 0) is 75.4 Å². The molecule has 0 aromatic rings. The van der Waals surface area contributed by atoms with E-state index in [4.69, 9.17) is 26.0 Å². The van der Waals surface area contributed by atoms with Gasteiger partial charge < -0.3 is 20.9 Å². The van der Waals surface area contributed by atoms with Crippen LogP contribution in [-0.4, -0.2) is 83.4 Å². The molecule has 1 saturated heterocycles. The van der Waals surface area contributed by atoms with E-state index in [1.54, 1.807) is 13.8 Å². The maximum atomic E-state index is 14.9. The van der Waals surface area contributed by atoms with Crippen LogP contribution in [0.2, 0.25) is 0 Å². The molecule has 1 aliphatic heterocycles. The average Bonchev–Trinajstić information content (AvgIpc) is 4.00. The number of carbonyl (C=O) groups excluding carboxylic acids is 5. The van der Waals surface area contributed by atoms with Gasteiger partial charge in [-0.25, -0.2) is 13.2 Å². The molecule has 4 fully saturated rings. The van der Waals surface area contributed by atoms with Gasteiger partial charge >= 0.3 is 6.03 Å². The van der Waals surface area contributed by atoms with Crippen LogP contribution in [0.4, 0.5) is 4.79 Å². The highest BCUT2D eigenvalue weighted by molar-refractivity contribution is 7.92. The Kier molecular flexibility index (Phi) is 5.80. The minimum absolute atomic E-state index is 0.326. The van der Waals surface area contributed by atoms with Crippen molar-refractivity contribution in [3.63, 3.8) is 0 Å². The van der Waals surface area contributed by atoms with Crippen LogP contribution in [-0.2, 0) is 29.0 Å². The number of carbonyl (C=O) groups is 5. The summed E-state index contributed by atoms with van der Waals surface area (Å²) in [4.78, 5) is 72.2. The average molecular weight is 727 g/mol. The van der Waals surface area contributed by atoms with E-state index in [1.165, 1.54) is 20.8 Å². The van der Waals surface area contributed by atoms with E-state index in [1.807, 2.05) is 5.32 Å². The summed E-state index contributed by atoms with van der Waals surface area (Å²) in [7, 11) is -4.92. The van der Waals surface area contributed by atoms with Crippen molar-refractivity contribution in [3.05, 3.63) is 0 Å². The van der Waals surface area contributed by atoms with Crippen molar-refractivity contribution in [1.29, 1.82) is 0 Å². The van der Waals surface area contributed by atoms with Gasteiger partial charge in [0, 0.05) is 52.3 Å². The van der Waals surface area contributed by atoms with E-state index in [-0.39, 0.29) is 6.54 Å². The zero-order valence-corrected chi connectivity index (χ0v) is 30.0. The molecule has 4 aliphatic rings. The second-order valence-corrected chi connectivity index (χ2v) is 18.5. The van der Waals surface area contributed by atoms with Gasteiger partial charge in [-0.1, -0.05) is 73.3 Å². The molecule has 12 heteroatoms. The number of amides is 4. The lowest BCUT2D eigenvalue weighted by molar-refractivity contribution is -0.145. The summed E-state index contributed by atoms with van der Waals surface area (Å²) in [5.74, 6) is -13.4. The molecule has 3 N–H and O–H groups in total. The van der Waals surface area contributed by atoms with Crippen LogP contribution in [0.3, 0.4) is 0 Å². The lowest BCUT2D eigenvalue weighted by Gasteiger charge is -2.41. The largest absolute Gasteiger partial charge is 0.347 e. The van der Waals surface area contributed by atoms with E-state index in [0.29, 0.717) is 12.8 Å². The fraction of sp³-hybridized carbons (Fsp3) is 0.865. The molecule has 278 valence electrons. The van der Waals surface area contributed by atoms with Crippen LogP contribution < -0.4 is 16.0 Å². The lowest BCUT2D eigenvalue weighted by atomic mass is 9.83. The SMILES string of the molecule is [2H]C([2H])([2H])C([2H])([2H])C([2H])([2H])C([2H])([2H])[C@@]([2H])(CC(=O)[C@@H]1[C@@H]2[C@H](CN1C(=O)[C@@H](NC(=O)NC1(CS(=O)(=O)C(C)(C)C)C([2H])([2H])C([2H])([2H])C([2H])([2H])C([2H])([2H])C1([2H])[2H])C(C)(C)C)C2(C)C)C(=O)C(=O)NC1CC1. The summed E-state index contributed by atoms with van der Waals surface area (Å²) >= 11 is 0. The third-order valence-electron chi connectivity index (χ3n) is 9.57. The number of likely N-dealkylation sites (tertiary alicyclic amines) is 1. The molecular weight excluding hydrogens is 644 g/mol. The number of urea groups is 1. The van der Waals surface area contributed by atoms with Crippen molar-refractivity contribution in [2.75, 3.05) is 12.3 Å². The number of fused-ring (bicyclic) bond motifs is 1. The van der Waals surface area contributed by atoms with Crippen molar-refractivity contribution in [3.8, 4) is 0 Å². The predicted octanol–water partition coefficient (Wildman–Crippen LogP) is 4.71. The summed E-state index contributed by atoms with van der Waals surface area (Å²) in [5.41, 5.74) is -6.13. The molecule has 0 aromatic carbocycles. The summed E-state index contributed by atoms with van der Waals surface area (Å²) in [5, 5.41) is 6.23. The second-order valence-electron chi connectivity index (χ2n) is 15.8. The summed E-state index contributed by atoms with van der Waals surface area (Å²) in [6, 6.07) is -6.11. The van der Waals surface area contributed by atoms with Crippen molar-refractivity contribution >= 4 is 39.2 Å². The zero-order valence-electron chi connectivity index (χ0n) is 49.1. The van der Waals surface area contributed by atoms with Gasteiger partial charge in [-0.15, -0.1) is 0 Å². The first-order valence-corrected chi connectivity index (χ1v) is 17.8. The number of nitrogens with one attached hydrogen (secondary N) is 3. The van der Waals surface area contributed by atoms with Crippen LogP contribution in [0.5, 0.6) is 0 Å². The van der Waals surface area contributed by atoms with Gasteiger partial charge in [0.1, 0.15) is 6.04 Å². The Hall–Kier alpha value is -2.50. The molecule has 0 radical (unpaired) electrons. The Balaban J connectivity index is 1.85. The van der Waals surface area contributed by atoms with E-state index in [0.717, 1.165) is 25.7 Å². The number of hydrogen-bond acceptors (Lipinski definition) is 7. The van der Waals surface area contributed by atoms with Gasteiger partial charge in [0.05, 0.1) is 22.1 Å². The first-order valence-electron chi connectivity index (χ1n) is 26.1. The topological polar surface area (TPSA) is 159 Å². The van der Waals surface area contributed by atoms with Crippen molar-refractivity contribution in [1.82, 2.24) is 20.9 Å². The Morgan fingerprint density at radius 2 is 1.67 bits per heavy atom. The van der Waals surface area contributed by atoms with Gasteiger partial charge in [-0.3, -0.25) is 19.2 Å². The van der Waals surface area contributed by atoms with Crippen LogP contribution in [0, 0.1) is 28.6 Å². The normalized spacial score (nSPS) is 38.8. The molecule has 49 heavy (non-hydrogen) atoms. The minimum Gasteiger partial charge on any atom is -0.347 e. The molecule has 1 heterocycles. The van der Waals surface area contributed by atoms with Gasteiger partial charge in [0.2, 0.25) is 11.7 Å². The van der Waals surface area contributed by atoms with E-state index >= 15 is 0 Å². The summed E-state index contributed by atoms with van der Waals surface area (Å²) in [6.07, 6.45) is -34.2. The molecule has 4 amide bonds. The van der Waals surface area contributed by atoms with Gasteiger partial charge in [0.25, 0.3) is 5.91 Å². The van der Waals surface area contributed by atoms with Crippen LogP contribution in [0.25, 0.3) is 0 Å². The number of ketones is 2. The van der Waals surface area contributed by atoms with Gasteiger partial charge in [0.15, 0.2) is 15.6 Å². The first kappa shape index (κ1) is 19.9. The zero-order chi connectivity index (χ0) is 54.5. The number of hydrogen-bond donors (Lipinski definition) is 3. The van der Waals surface area contributed by atoms with Gasteiger partial charge in [-0.2, -0.15) is 0 Å². The van der Waals surface area contributed by atoms with E-state index in [2.05, 4.69) is 10.6 Å². The third-order valence-corrected chi connectivity index (χ3v) is 12.3. The number of rotatable bonds is 14. The molecule has 0 bridgehead atoms. The molecular formula is C37H62N4O7S. The molecule has 4 rings (SSSR count). The quantitative estimate of drug-likeness (QED) is 0.219. The molecule has 3 saturated carbocycles. The highest BCUT2D eigenvalue weighted by Crippen LogP contribution is 2.65. The molecule has 5 atom stereocenters. The highest BCUT2D eigenvalue weighted by Gasteiger charge is 2.69. The lowest BCUT2D eigenvalue weighted by Crippen LogP contribution is -2.63. The molecule has 3 aliphatic carbocycles. The van der Waals surface area contributed by atoms with E-state index < -0.39 is 166 Å².